The van der Waals surface area contributed by atoms with E-state index in [0.29, 0.717) is 0 Å². The Balaban J connectivity index is 1.30. The fourth-order valence-corrected chi connectivity index (χ4v) is 9.63. The van der Waals surface area contributed by atoms with Crippen LogP contribution in [0.1, 0.15) is 79.0 Å². The Kier molecular flexibility index (Phi) is 11.0. The quantitative estimate of drug-likeness (QED) is 0.173. The van der Waals surface area contributed by atoms with Crippen LogP contribution < -0.4 is 0 Å². The van der Waals surface area contributed by atoms with Gasteiger partial charge in [-0.2, -0.15) is 0 Å². The van der Waals surface area contributed by atoms with Crippen LogP contribution in [0, 0.1) is 0 Å². The first-order valence-electron chi connectivity index (χ1n) is 23.8. The number of hydrogen-bond acceptors (Lipinski definition) is 3. The Labute approximate surface area is 401 Å². The average Bonchev–Trinajstić information content (AvgIpc) is 3.73. The molecule has 4 heteroatoms. The van der Waals surface area contributed by atoms with Gasteiger partial charge in [0.2, 0.25) is 0 Å². The number of phenols is 1. The highest BCUT2D eigenvalue weighted by Crippen LogP contribution is 2.47. The zero-order valence-corrected chi connectivity index (χ0v) is 40.7. The van der Waals surface area contributed by atoms with Crippen LogP contribution in [0.5, 0.6) is 5.75 Å². The molecule has 10 rings (SSSR count). The molecule has 8 aromatic carbocycles. The van der Waals surface area contributed by atoms with Crippen molar-refractivity contribution < 1.29 is 5.11 Å². The molecule has 0 atom stereocenters. The van der Waals surface area contributed by atoms with Crippen LogP contribution in [0.15, 0.2) is 188 Å². The highest BCUT2D eigenvalue weighted by Gasteiger charge is 2.28. The zero-order chi connectivity index (χ0) is 47.5. The predicted molar refractivity (Wildman–Crippen MR) is 287 cm³/mol. The van der Waals surface area contributed by atoms with E-state index < -0.39 is 0 Å². The van der Waals surface area contributed by atoms with Gasteiger partial charge in [0.05, 0.1) is 22.2 Å². The van der Waals surface area contributed by atoms with Crippen LogP contribution in [0.4, 0.5) is 0 Å². The van der Waals surface area contributed by atoms with Crippen molar-refractivity contribution in [2.75, 3.05) is 0 Å². The van der Waals surface area contributed by atoms with Crippen molar-refractivity contribution in [1.29, 1.82) is 0 Å². The van der Waals surface area contributed by atoms with Crippen molar-refractivity contribution in [2.45, 2.75) is 78.6 Å². The number of imidazole rings is 1. The minimum absolute atomic E-state index is 0.0794. The van der Waals surface area contributed by atoms with Crippen molar-refractivity contribution >= 4 is 21.9 Å². The van der Waals surface area contributed by atoms with Crippen molar-refractivity contribution in [3.05, 3.63) is 205 Å². The van der Waals surface area contributed by atoms with Gasteiger partial charge in [-0.25, -0.2) is 4.98 Å². The van der Waals surface area contributed by atoms with Gasteiger partial charge in [0.15, 0.2) is 0 Å². The Hall–Kier alpha value is -7.56. The third kappa shape index (κ3) is 8.19. The molecule has 2 aromatic heterocycles. The molecule has 0 aliphatic carbocycles. The van der Waals surface area contributed by atoms with Gasteiger partial charge in [-0.05, 0) is 109 Å². The van der Waals surface area contributed by atoms with Crippen LogP contribution in [0.25, 0.3) is 94.6 Å². The largest absolute Gasteiger partial charge is 0.507 e. The monoisotopic (exact) mass is 885 g/mol. The predicted octanol–water partition coefficient (Wildman–Crippen LogP) is 17.2. The molecule has 0 saturated carbocycles. The normalized spacial score (nSPS) is 12.2. The molecule has 68 heavy (non-hydrogen) atoms. The molecule has 2 heterocycles. The molecule has 0 bridgehead atoms. The van der Waals surface area contributed by atoms with Crippen molar-refractivity contribution in [1.82, 2.24) is 14.5 Å². The first-order chi connectivity index (χ1) is 32.5. The lowest BCUT2D eigenvalue weighted by Crippen LogP contribution is -2.12. The first kappa shape index (κ1) is 44.3. The number of pyridine rings is 1. The summed E-state index contributed by atoms with van der Waals surface area (Å²) in [5.74, 6) is 1.09. The second-order valence-electron chi connectivity index (χ2n) is 21.3. The lowest BCUT2D eigenvalue weighted by molar-refractivity contribution is 0.449. The number of aromatic hydroxyl groups is 1. The third-order valence-electron chi connectivity index (χ3n) is 13.4. The summed E-state index contributed by atoms with van der Waals surface area (Å²) in [5.41, 5.74) is 17.9. The summed E-state index contributed by atoms with van der Waals surface area (Å²) >= 11 is 0. The molecule has 10 aromatic rings. The van der Waals surface area contributed by atoms with Crippen molar-refractivity contribution in [3.8, 4) is 78.5 Å². The van der Waals surface area contributed by atoms with Gasteiger partial charge in [0.25, 0.3) is 0 Å². The van der Waals surface area contributed by atoms with Gasteiger partial charge in [-0.3, -0.25) is 9.55 Å². The maximum atomic E-state index is 12.4. The minimum atomic E-state index is -0.330. The number of phenolic OH excluding ortho intramolecular Hbond substituents is 1. The standard InChI is InChI=1S/C64H59N3O/c1-62(2,3)47-31-32-56(53(40-47)43-25-17-12-18-26-43)67-57-30-20-29-52(54-38-44(41-21-13-10-14-22-41)39-55(60(54)68)64(7,8)9)59(57)66-61(67)46-35-45(36-48(37-46)63(4,5)6)50-27-19-28-51-49(33-34-65-58(50)51)42-23-15-11-16-24-42/h10-40,68H,1-9H3. The molecule has 0 fully saturated rings. The molecule has 0 radical (unpaired) electrons. The summed E-state index contributed by atoms with van der Waals surface area (Å²) in [6, 6.07) is 64.9. The lowest BCUT2D eigenvalue weighted by atomic mass is 9.82. The summed E-state index contributed by atoms with van der Waals surface area (Å²) < 4.78 is 2.36. The third-order valence-corrected chi connectivity index (χ3v) is 13.4. The fraction of sp³-hybridized carbons (Fsp3) is 0.188. The number of rotatable bonds is 7. The van der Waals surface area contributed by atoms with Gasteiger partial charge in [0.1, 0.15) is 11.6 Å². The van der Waals surface area contributed by atoms with Crippen LogP contribution >= 0.6 is 0 Å². The maximum Gasteiger partial charge on any atom is 0.145 e. The van der Waals surface area contributed by atoms with Crippen molar-refractivity contribution in [2.24, 2.45) is 0 Å². The Morgan fingerprint density at radius 1 is 0.397 bits per heavy atom. The first-order valence-corrected chi connectivity index (χ1v) is 23.8. The summed E-state index contributed by atoms with van der Waals surface area (Å²) in [4.78, 5) is 10.9. The second-order valence-corrected chi connectivity index (χ2v) is 21.3. The number of nitrogens with zero attached hydrogens (tertiary/aromatic N) is 3. The molecule has 0 spiro atoms. The molecule has 336 valence electrons. The Morgan fingerprint density at radius 3 is 1.65 bits per heavy atom. The smallest absolute Gasteiger partial charge is 0.145 e. The second kappa shape index (κ2) is 16.9. The fourth-order valence-electron chi connectivity index (χ4n) is 9.63. The number of hydrogen-bond donors (Lipinski definition) is 1. The number of benzene rings is 8. The van der Waals surface area contributed by atoms with E-state index in [4.69, 9.17) is 9.97 Å². The van der Waals surface area contributed by atoms with Crippen LogP contribution in [0.3, 0.4) is 0 Å². The molecule has 0 unspecified atom stereocenters. The van der Waals surface area contributed by atoms with Gasteiger partial charge >= 0.3 is 0 Å². The van der Waals surface area contributed by atoms with Crippen molar-refractivity contribution in [3.63, 3.8) is 0 Å². The summed E-state index contributed by atoms with van der Waals surface area (Å²) in [5, 5.41) is 13.6. The van der Waals surface area contributed by atoms with E-state index in [-0.39, 0.29) is 22.0 Å². The van der Waals surface area contributed by atoms with E-state index in [1.165, 1.54) is 11.1 Å². The molecule has 0 aliphatic rings. The summed E-state index contributed by atoms with van der Waals surface area (Å²) in [6.07, 6.45) is 1.93. The zero-order valence-electron chi connectivity index (χ0n) is 40.7. The number of para-hydroxylation sites is 2. The van der Waals surface area contributed by atoms with E-state index in [0.717, 1.165) is 100 Å². The van der Waals surface area contributed by atoms with Crippen LogP contribution in [-0.4, -0.2) is 19.6 Å². The highest BCUT2D eigenvalue weighted by molar-refractivity contribution is 6.03. The van der Waals surface area contributed by atoms with Gasteiger partial charge in [0, 0.05) is 45.0 Å². The molecule has 0 amide bonds. The van der Waals surface area contributed by atoms with Crippen LogP contribution in [0.2, 0.25) is 0 Å². The topological polar surface area (TPSA) is 50.9 Å². The molecule has 4 nitrogen and oxygen atoms in total. The molecule has 0 saturated heterocycles. The van der Waals surface area contributed by atoms with E-state index in [1.54, 1.807) is 0 Å². The summed E-state index contributed by atoms with van der Waals surface area (Å²) in [7, 11) is 0. The van der Waals surface area contributed by atoms with Gasteiger partial charge < -0.3 is 5.11 Å². The van der Waals surface area contributed by atoms with E-state index in [1.807, 2.05) is 12.3 Å². The highest BCUT2D eigenvalue weighted by atomic mass is 16.3. The SMILES string of the molecule is CC(C)(C)c1cc(-c2cccc3c(-c4ccccc4)ccnc23)cc(-c2nc3c(-c4cc(-c5ccccc5)cc(C(C)(C)C)c4O)cccc3n2-c2ccc(C(C)(C)C)cc2-c2ccccc2)c1. The summed E-state index contributed by atoms with van der Waals surface area (Å²) in [6.45, 7) is 20.1. The number of aromatic nitrogens is 3. The molecule has 0 aliphatic heterocycles. The minimum Gasteiger partial charge on any atom is -0.507 e. The van der Waals surface area contributed by atoms with Gasteiger partial charge in [-0.1, -0.05) is 196 Å². The molecular formula is C64H59N3O. The Bertz CT molecular complexity index is 3490. The van der Waals surface area contributed by atoms with E-state index in [2.05, 4.69) is 243 Å². The van der Waals surface area contributed by atoms with Crippen LogP contribution in [-0.2, 0) is 16.2 Å². The molecule has 1 N–H and O–H groups in total. The maximum absolute atomic E-state index is 12.4. The lowest BCUT2D eigenvalue weighted by Gasteiger charge is -2.24. The van der Waals surface area contributed by atoms with E-state index >= 15 is 0 Å². The number of fused-ring (bicyclic) bond motifs is 2. The average molecular weight is 886 g/mol. The van der Waals surface area contributed by atoms with E-state index in [9.17, 15) is 5.11 Å². The van der Waals surface area contributed by atoms with Gasteiger partial charge in [-0.15, -0.1) is 0 Å². The molecular weight excluding hydrogens is 827 g/mol. The Morgan fingerprint density at radius 2 is 1.00 bits per heavy atom.